The van der Waals surface area contributed by atoms with E-state index in [0.717, 1.165) is 4.90 Å². The second kappa shape index (κ2) is 6.19. The zero-order valence-corrected chi connectivity index (χ0v) is 14.3. The Hall–Kier alpha value is -1.34. The van der Waals surface area contributed by atoms with E-state index in [1.165, 1.54) is 11.8 Å². The van der Waals surface area contributed by atoms with Gasteiger partial charge in [-0.2, -0.15) is 4.98 Å². The maximum Gasteiger partial charge on any atom is 0.336 e. The van der Waals surface area contributed by atoms with Crippen molar-refractivity contribution in [2.24, 2.45) is 0 Å². The summed E-state index contributed by atoms with van der Waals surface area (Å²) in [6.07, 6.45) is 0. The molecule has 21 heavy (non-hydrogen) atoms. The Kier molecular flexibility index (Phi) is 4.73. The lowest BCUT2D eigenvalue weighted by molar-refractivity contribution is 0.0695. The molecule has 2 rings (SSSR count). The highest BCUT2D eigenvalue weighted by Gasteiger charge is 2.21. The number of aromatic carboxylic acids is 1. The lowest BCUT2D eigenvalue weighted by atomic mass is 9.96. The highest BCUT2D eigenvalue weighted by Crippen LogP contribution is 2.28. The van der Waals surface area contributed by atoms with E-state index in [1.54, 1.807) is 12.1 Å². The molecule has 5 nitrogen and oxygen atoms in total. The van der Waals surface area contributed by atoms with Crippen LogP contribution in [0.2, 0.25) is 0 Å². The SMILES string of the molecule is CC(C)(C)c1noc(CSc2ccc(Br)c(C(=O)O)c2)n1. The molecule has 0 saturated carbocycles. The summed E-state index contributed by atoms with van der Waals surface area (Å²) in [7, 11) is 0. The maximum atomic E-state index is 11.1. The van der Waals surface area contributed by atoms with Crippen LogP contribution in [0.15, 0.2) is 32.1 Å². The molecule has 0 radical (unpaired) electrons. The van der Waals surface area contributed by atoms with E-state index in [1.807, 2.05) is 26.8 Å². The second-order valence-electron chi connectivity index (χ2n) is 5.50. The summed E-state index contributed by atoms with van der Waals surface area (Å²) in [4.78, 5) is 16.3. The molecule has 0 bridgehead atoms. The highest BCUT2D eigenvalue weighted by molar-refractivity contribution is 9.10. The fourth-order valence-electron chi connectivity index (χ4n) is 1.52. The van der Waals surface area contributed by atoms with Crippen molar-refractivity contribution >= 4 is 33.7 Å². The number of nitrogens with zero attached hydrogens (tertiary/aromatic N) is 2. The lowest BCUT2D eigenvalue weighted by Gasteiger charge is -2.10. The summed E-state index contributed by atoms with van der Waals surface area (Å²) in [5.41, 5.74) is 0.0847. The minimum atomic E-state index is -0.961. The molecule has 1 N–H and O–H groups in total. The Balaban J connectivity index is 2.08. The summed E-state index contributed by atoms with van der Waals surface area (Å²) in [6, 6.07) is 5.19. The highest BCUT2D eigenvalue weighted by atomic mass is 79.9. The summed E-state index contributed by atoms with van der Waals surface area (Å²) in [6.45, 7) is 6.05. The van der Waals surface area contributed by atoms with Crippen LogP contribution in [-0.4, -0.2) is 21.2 Å². The van der Waals surface area contributed by atoms with Crippen molar-refractivity contribution in [1.29, 1.82) is 0 Å². The van der Waals surface area contributed by atoms with Gasteiger partial charge in [0.05, 0.1) is 11.3 Å². The molecule has 0 aliphatic rings. The summed E-state index contributed by atoms with van der Waals surface area (Å²) in [5.74, 6) is 0.742. The van der Waals surface area contributed by atoms with E-state index >= 15 is 0 Å². The summed E-state index contributed by atoms with van der Waals surface area (Å²) in [5, 5.41) is 13.0. The predicted molar refractivity (Wildman–Crippen MR) is 83.7 cm³/mol. The Labute approximate surface area is 135 Å². The van der Waals surface area contributed by atoms with Gasteiger partial charge in [-0.15, -0.1) is 11.8 Å². The number of carboxylic acids is 1. The topological polar surface area (TPSA) is 76.2 Å². The van der Waals surface area contributed by atoms with Crippen LogP contribution >= 0.6 is 27.7 Å². The Bertz CT molecular complexity index is 664. The molecule has 1 aromatic heterocycles. The molecule has 0 atom stereocenters. The fourth-order valence-corrected chi connectivity index (χ4v) is 2.71. The van der Waals surface area contributed by atoms with Gasteiger partial charge in [-0.3, -0.25) is 0 Å². The van der Waals surface area contributed by atoms with E-state index in [0.29, 0.717) is 21.9 Å². The third-order valence-electron chi connectivity index (χ3n) is 2.67. The number of hydrogen-bond acceptors (Lipinski definition) is 5. The number of rotatable bonds is 4. The molecular formula is C14H15BrN2O3S. The van der Waals surface area contributed by atoms with E-state index in [4.69, 9.17) is 9.63 Å². The Morgan fingerprint density at radius 1 is 1.43 bits per heavy atom. The summed E-state index contributed by atoms with van der Waals surface area (Å²) >= 11 is 4.68. The van der Waals surface area contributed by atoms with Crippen LogP contribution < -0.4 is 0 Å². The number of carbonyl (C=O) groups is 1. The second-order valence-corrected chi connectivity index (χ2v) is 7.40. The van der Waals surface area contributed by atoms with E-state index in [-0.39, 0.29) is 11.0 Å². The molecule has 0 fully saturated rings. The molecule has 0 amide bonds. The van der Waals surface area contributed by atoms with Crippen molar-refractivity contribution in [2.45, 2.75) is 36.8 Å². The van der Waals surface area contributed by atoms with Gasteiger partial charge in [0.15, 0.2) is 5.82 Å². The van der Waals surface area contributed by atoms with E-state index in [9.17, 15) is 4.79 Å². The number of halogens is 1. The van der Waals surface area contributed by atoms with Crippen LogP contribution in [0.3, 0.4) is 0 Å². The molecule has 0 aliphatic heterocycles. The van der Waals surface area contributed by atoms with Crippen molar-refractivity contribution < 1.29 is 14.4 Å². The van der Waals surface area contributed by atoms with Gasteiger partial charge in [-0.05, 0) is 34.1 Å². The smallest absolute Gasteiger partial charge is 0.336 e. The normalized spacial score (nSPS) is 11.6. The minimum Gasteiger partial charge on any atom is -0.478 e. The number of benzene rings is 1. The van der Waals surface area contributed by atoms with Gasteiger partial charge in [0.2, 0.25) is 5.89 Å². The third kappa shape index (κ3) is 4.07. The zero-order valence-electron chi connectivity index (χ0n) is 11.9. The van der Waals surface area contributed by atoms with Crippen molar-refractivity contribution in [1.82, 2.24) is 10.1 Å². The largest absolute Gasteiger partial charge is 0.478 e. The van der Waals surface area contributed by atoms with Crippen LogP contribution in [0, 0.1) is 0 Å². The van der Waals surface area contributed by atoms with Crippen LogP contribution in [0.4, 0.5) is 0 Å². The van der Waals surface area contributed by atoms with Gasteiger partial charge < -0.3 is 9.63 Å². The maximum absolute atomic E-state index is 11.1. The first-order valence-electron chi connectivity index (χ1n) is 6.26. The number of hydrogen-bond donors (Lipinski definition) is 1. The molecule has 7 heteroatoms. The van der Waals surface area contributed by atoms with Crippen molar-refractivity contribution in [3.8, 4) is 0 Å². The van der Waals surface area contributed by atoms with Gasteiger partial charge in [0, 0.05) is 14.8 Å². The van der Waals surface area contributed by atoms with Crippen molar-refractivity contribution in [3.63, 3.8) is 0 Å². The van der Waals surface area contributed by atoms with Crippen LogP contribution in [-0.2, 0) is 11.2 Å². The van der Waals surface area contributed by atoms with E-state index in [2.05, 4.69) is 26.1 Å². The average Bonchev–Trinajstić information content (AvgIpc) is 2.86. The number of carboxylic acid groups (broad SMARTS) is 1. The monoisotopic (exact) mass is 370 g/mol. The standard InChI is InChI=1S/C14H15BrN2O3S/c1-14(2,3)13-16-11(20-17-13)7-21-8-4-5-10(15)9(6-8)12(18)19/h4-6H,7H2,1-3H3,(H,18,19). The van der Waals surface area contributed by atoms with Crippen LogP contribution in [0.1, 0.15) is 42.8 Å². The Morgan fingerprint density at radius 3 is 2.71 bits per heavy atom. The molecule has 0 spiro atoms. The number of thioether (sulfide) groups is 1. The van der Waals surface area contributed by atoms with Crippen LogP contribution in [0.5, 0.6) is 0 Å². The first-order chi connectivity index (χ1) is 9.77. The minimum absolute atomic E-state index is 0.152. The molecule has 0 unspecified atom stereocenters. The quantitative estimate of drug-likeness (QED) is 0.815. The van der Waals surface area contributed by atoms with Crippen molar-refractivity contribution in [2.75, 3.05) is 0 Å². The molecule has 1 aromatic carbocycles. The molecule has 0 saturated heterocycles. The Morgan fingerprint density at radius 2 is 2.14 bits per heavy atom. The van der Waals surface area contributed by atoms with E-state index < -0.39 is 5.97 Å². The zero-order chi connectivity index (χ0) is 15.6. The molecular weight excluding hydrogens is 356 g/mol. The molecule has 1 heterocycles. The number of aromatic nitrogens is 2. The van der Waals surface area contributed by atoms with Gasteiger partial charge in [0.25, 0.3) is 0 Å². The third-order valence-corrected chi connectivity index (χ3v) is 4.34. The average molecular weight is 371 g/mol. The molecule has 2 aromatic rings. The van der Waals surface area contributed by atoms with Gasteiger partial charge in [-0.1, -0.05) is 25.9 Å². The lowest BCUT2D eigenvalue weighted by Crippen LogP contribution is -2.13. The first-order valence-corrected chi connectivity index (χ1v) is 8.04. The van der Waals surface area contributed by atoms with Crippen molar-refractivity contribution in [3.05, 3.63) is 40.0 Å². The predicted octanol–water partition coefficient (Wildman–Crippen LogP) is 4.12. The van der Waals surface area contributed by atoms with Gasteiger partial charge >= 0.3 is 5.97 Å². The van der Waals surface area contributed by atoms with Gasteiger partial charge in [-0.25, -0.2) is 4.79 Å². The van der Waals surface area contributed by atoms with Gasteiger partial charge in [0.1, 0.15) is 0 Å². The molecule has 112 valence electrons. The fraction of sp³-hybridized carbons (Fsp3) is 0.357. The first kappa shape index (κ1) is 16.0. The van der Waals surface area contributed by atoms with Crippen LogP contribution in [0.25, 0.3) is 0 Å². The summed E-state index contributed by atoms with van der Waals surface area (Å²) < 4.78 is 5.77. The molecule has 0 aliphatic carbocycles.